The molecule has 1 aliphatic rings. The van der Waals surface area contributed by atoms with E-state index >= 15 is 0 Å². The summed E-state index contributed by atoms with van der Waals surface area (Å²) in [7, 11) is 0. The summed E-state index contributed by atoms with van der Waals surface area (Å²) in [6.07, 6.45) is 5.18. The Kier molecular flexibility index (Phi) is 6.33. The van der Waals surface area contributed by atoms with Gasteiger partial charge in [-0.3, -0.25) is 4.79 Å². The van der Waals surface area contributed by atoms with Crippen LogP contribution in [0.15, 0.2) is 53.7 Å². The Bertz CT molecular complexity index is 1400. The second-order valence-electron chi connectivity index (χ2n) is 8.57. The molecule has 9 heteroatoms. The average molecular weight is 473 g/mol. The van der Waals surface area contributed by atoms with Gasteiger partial charge in [-0.2, -0.15) is 0 Å². The van der Waals surface area contributed by atoms with Crippen molar-refractivity contribution >= 4 is 28.0 Å². The molecule has 180 valence electrons. The van der Waals surface area contributed by atoms with Crippen molar-refractivity contribution in [2.75, 3.05) is 36.5 Å². The van der Waals surface area contributed by atoms with Crippen molar-refractivity contribution in [3.8, 4) is 17.3 Å². The summed E-state index contributed by atoms with van der Waals surface area (Å²) < 4.78 is 11.0. The summed E-state index contributed by atoms with van der Waals surface area (Å²) in [5.74, 6) is 0.473. The lowest BCUT2D eigenvalue weighted by Gasteiger charge is -2.34. The number of hydrogen-bond donors (Lipinski definition) is 2. The predicted octanol–water partition coefficient (Wildman–Crippen LogP) is 4.06. The molecule has 2 N–H and O–H groups in total. The van der Waals surface area contributed by atoms with Crippen LogP contribution in [0.4, 0.5) is 17.2 Å². The number of benzene rings is 1. The van der Waals surface area contributed by atoms with E-state index in [1.54, 1.807) is 18.6 Å². The van der Waals surface area contributed by atoms with E-state index in [1.807, 2.05) is 25.1 Å². The Balaban J connectivity index is 1.51. The van der Waals surface area contributed by atoms with Gasteiger partial charge >= 0.3 is 6.01 Å². The van der Waals surface area contributed by atoms with Gasteiger partial charge in [-0.15, -0.1) is 0 Å². The molecule has 35 heavy (non-hydrogen) atoms. The quantitative estimate of drug-likeness (QED) is 0.433. The van der Waals surface area contributed by atoms with E-state index in [0.29, 0.717) is 29.5 Å². The van der Waals surface area contributed by atoms with Crippen molar-refractivity contribution < 1.29 is 9.47 Å². The summed E-state index contributed by atoms with van der Waals surface area (Å²) >= 11 is 0. The molecule has 0 spiro atoms. The smallest absolute Gasteiger partial charge is 0.316 e. The van der Waals surface area contributed by atoms with Crippen LogP contribution in [-0.4, -0.2) is 52.3 Å². The Morgan fingerprint density at radius 1 is 1.23 bits per heavy atom. The number of rotatable bonds is 6. The zero-order valence-electron chi connectivity index (χ0n) is 20.0. The van der Waals surface area contributed by atoms with E-state index in [2.05, 4.69) is 51.1 Å². The topological polar surface area (TPSA) is 105 Å². The molecule has 1 saturated heterocycles. The van der Waals surface area contributed by atoms with Gasteiger partial charge in [0.25, 0.3) is 5.56 Å². The molecule has 0 aliphatic carbocycles. The number of nitrogens with zero attached hydrogens (tertiary/aromatic N) is 4. The number of aromatic amines is 1. The second-order valence-corrected chi connectivity index (χ2v) is 8.57. The molecule has 1 aliphatic heterocycles. The molecule has 0 unspecified atom stereocenters. The summed E-state index contributed by atoms with van der Waals surface area (Å²) in [6.45, 7) is 9.01. The molecule has 1 aromatic carbocycles. The SMILES string of the molecule is CCOc1ncc(-c2cc3cc[nH]c(=O)c3c(Nc3ccc(N4CCO[C@@H](C)C4)c(C)c3)n2)cn1. The van der Waals surface area contributed by atoms with Crippen LogP contribution in [0, 0.1) is 6.92 Å². The highest BCUT2D eigenvalue weighted by molar-refractivity contribution is 5.95. The van der Waals surface area contributed by atoms with Gasteiger partial charge in [0.05, 0.1) is 30.4 Å². The largest absolute Gasteiger partial charge is 0.464 e. The third-order valence-electron chi connectivity index (χ3n) is 5.99. The van der Waals surface area contributed by atoms with Crippen LogP contribution in [0.25, 0.3) is 22.0 Å². The maximum absolute atomic E-state index is 12.7. The lowest BCUT2D eigenvalue weighted by Crippen LogP contribution is -2.41. The van der Waals surface area contributed by atoms with Crippen LogP contribution in [-0.2, 0) is 4.74 Å². The minimum atomic E-state index is -0.206. The van der Waals surface area contributed by atoms with Crippen molar-refractivity contribution in [3.63, 3.8) is 0 Å². The van der Waals surface area contributed by atoms with Crippen molar-refractivity contribution in [1.29, 1.82) is 0 Å². The molecule has 0 amide bonds. The maximum atomic E-state index is 12.7. The fourth-order valence-corrected chi connectivity index (χ4v) is 4.37. The van der Waals surface area contributed by atoms with E-state index < -0.39 is 0 Å². The number of pyridine rings is 2. The number of fused-ring (bicyclic) bond motifs is 1. The van der Waals surface area contributed by atoms with Crippen LogP contribution < -0.4 is 20.5 Å². The third-order valence-corrected chi connectivity index (χ3v) is 5.99. The molecule has 0 radical (unpaired) electrons. The van der Waals surface area contributed by atoms with Crippen LogP contribution >= 0.6 is 0 Å². The van der Waals surface area contributed by atoms with Crippen molar-refractivity contribution in [3.05, 3.63) is 64.8 Å². The number of morpholine rings is 1. The molecule has 3 aromatic heterocycles. The number of anilines is 3. The van der Waals surface area contributed by atoms with E-state index in [1.165, 1.54) is 5.69 Å². The number of hydrogen-bond acceptors (Lipinski definition) is 8. The van der Waals surface area contributed by atoms with Gasteiger partial charge in [0, 0.05) is 48.6 Å². The maximum Gasteiger partial charge on any atom is 0.316 e. The van der Waals surface area contributed by atoms with E-state index in [-0.39, 0.29) is 11.7 Å². The van der Waals surface area contributed by atoms with Gasteiger partial charge in [0.15, 0.2) is 0 Å². The minimum Gasteiger partial charge on any atom is -0.464 e. The van der Waals surface area contributed by atoms with Gasteiger partial charge in [0.2, 0.25) is 0 Å². The molecule has 4 heterocycles. The summed E-state index contributed by atoms with van der Waals surface area (Å²) in [6, 6.07) is 10.2. The molecule has 5 rings (SSSR count). The second kappa shape index (κ2) is 9.71. The fraction of sp³-hybridized carbons (Fsp3) is 0.308. The highest BCUT2D eigenvalue weighted by atomic mass is 16.5. The third kappa shape index (κ3) is 4.81. The Morgan fingerprint density at radius 2 is 2.06 bits per heavy atom. The molecular weight excluding hydrogens is 444 g/mol. The minimum absolute atomic E-state index is 0.206. The first-order valence-corrected chi connectivity index (χ1v) is 11.7. The van der Waals surface area contributed by atoms with Crippen LogP contribution in [0.3, 0.4) is 0 Å². The monoisotopic (exact) mass is 472 g/mol. The molecule has 0 saturated carbocycles. The lowest BCUT2D eigenvalue weighted by atomic mass is 10.1. The first-order valence-electron chi connectivity index (χ1n) is 11.7. The first-order chi connectivity index (χ1) is 17.0. The molecule has 0 bridgehead atoms. The zero-order valence-corrected chi connectivity index (χ0v) is 20.0. The Hall–Kier alpha value is -3.98. The standard InChI is InChI=1S/C26H28N6O3/c1-4-34-26-28-13-19(14-29-26)21-12-18-7-8-27-25(33)23(18)24(31-21)30-20-5-6-22(16(2)11-20)32-9-10-35-17(3)15-32/h5-8,11-14,17H,4,9-10,15H2,1-3H3,(H,27,33)(H,30,31)/t17-/m0/s1. The predicted molar refractivity (Wildman–Crippen MR) is 137 cm³/mol. The highest BCUT2D eigenvalue weighted by Gasteiger charge is 2.19. The van der Waals surface area contributed by atoms with Crippen LogP contribution in [0.1, 0.15) is 19.4 Å². The number of nitrogens with one attached hydrogen (secondary N) is 2. The fourth-order valence-electron chi connectivity index (χ4n) is 4.37. The van der Waals surface area contributed by atoms with Gasteiger partial charge in [-0.1, -0.05) is 0 Å². The van der Waals surface area contributed by atoms with Gasteiger partial charge in [-0.25, -0.2) is 15.0 Å². The molecular formula is C26H28N6O3. The zero-order chi connectivity index (χ0) is 24.4. The lowest BCUT2D eigenvalue weighted by molar-refractivity contribution is 0.0532. The number of H-pyrrole nitrogens is 1. The van der Waals surface area contributed by atoms with Crippen molar-refractivity contribution in [2.24, 2.45) is 0 Å². The Morgan fingerprint density at radius 3 is 2.80 bits per heavy atom. The Labute approximate surface area is 203 Å². The van der Waals surface area contributed by atoms with Crippen molar-refractivity contribution in [1.82, 2.24) is 19.9 Å². The number of aryl methyl sites for hydroxylation is 1. The summed E-state index contributed by atoms with van der Waals surface area (Å²) in [5, 5.41) is 4.63. The van der Waals surface area contributed by atoms with E-state index in [4.69, 9.17) is 14.5 Å². The number of aromatic nitrogens is 4. The van der Waals surface area contributed by atoms with Gasteiger partial charge in [0.1, 0.15) is 5.82 Å². The van der Waals surface area contributed by atoms with E-state index in [9.17, 15) is 4.79 Å². The first kappa shape index (κ1) is 22.8. The van der Waals surface area contributed by atoms with Crippen LogP contribution in [0.5, 0.6) is 6.01 Å². The van der Waals surface area contributed by atoms with Crippen LogP contribution in [0.2, 0.25) is 0 Å². The molecule has 9 nitrogen and oxygen atoms in total. The molecule has 4 aromatic rings. The van der Waals surface area contributed by atoms with E-state index in [0.717, 1.165) is 41.9 Å². The summed E-state index contributed by atoms with van der Waals surface area (Å²) in [5.41, 5.74) is 4.35. The van der Waals surface area contributed by atoms with Gasteiger partial charge in [-0.05, 0) is 62.1 Å². The van der Waals surface area contributed by atoms with Gasteiger partial charge < -0.3 is 24.7 Å². The number of ether oxygens (including phenoxy) is 2. The average Bonchev–Trinajstić information content (AvgIpc) is 2.85. The summed E-state index contributed by atoms with van der Waals surface area (Å²) in [4.78, 5) is 31.1. The normalized spacial score (nSPS) is 15.9. The highest BCUT2D eigenvalue weighted by Crippen LogP contribution is 2.30. The molecule has 1 atom stereocenters. The van der Waals surface area contributed by atoms with Crippen molar-refractivity contribution in [2.45, 2.75) is 26.9 Å². The molecule has 1 fully saturated rings.